The predicted molar refractivity (Wildman–Crippen MR) is 85.8 cm³/mol. The summed E-state index contributed by atoms with van der Waals surface area (Å²) < 4.78 is 0. The zero-order chi connectivity index (χ0) is 16.1. The molecular formula is C17H25N3O2. The molecule has 1 aromatic heterocycles. The molecule has 0 saturated carbocycles. The minimum Gasteiger partial charge on any atom is -0.350 e. The van der Waals surface area contributed by atoms with E-state index in [9.17, 15) is 9.59 Å². The highest BCUT2D eigenvalue weighted by molar-refractivity contribution is 5.98. The van der Waals surface area contributed by atoms with Crippen LogP contribution in [0, 0.1) is 0 Å². The van der Waals surface area contributed by atoms with Crippen molar-refractivity contribution >= 4 is 11.8 Å². The molecule has 1 atom stereocenters. The molecule has 22 heavy (non-hydrogen) atoms. The van der Waals surface area contributed by atoms with E-state index in [0.29, 0.717) is 11.3 Å². The number of carbonyl (C=O) groups excluding carboxylic acids is 2. The highest BCUT2D eigenvalue weighted by Crippen LogP contribution is 2.21. The Hall–Kier alpha value is -1.91. The van der Waals surface area contributed by atoms with Crippen LogP contribution >= 0.6 is 0 Å². The van der Waals surface area contributed by atoms with Crippen LogP contribution in [0.4, 0.5) is 0 Å². The van der Waals surface area contributed by atoms with E-state index in [0.717, 1.165) is 25.8 Å². The molecule has 5 heteroatoms. The van der Waals surface area contributed by atoms with Gasteiger partial charge in [0.1, 0.15) is 5.69 Å². The monoisotopic (exact) mass is 303 g/mol. The van der Waals surface area contributed by atoms with Crippen molar-refractivity contribution in [1.82, 2.24) is 15.2 Å². The largest absolute Gasteiger partial charge is 0.350 e. The van der Waals surface area contributed by atoms with E-state index >= 15 is 0 Å². The van der Waals surface area contributed by atoms with Gasteiger partial charge in [0, 0.05) is 30.4 Å². The lowest BCUT2D eigenvalue weighted by Crippen LogP contribution is -2.43. The fourth-order valence-electron chi connectivity index (χ4n) is 2.87. The van der Waals surface area contributed by atoms with Crippen LogP contribution in [0.1, 0.15) is 67.3 Å². The topological polar surface area (TPSA) is 62.3 Å². The van der Waals surface area contributed by atoms with Gasteiger partial charge in [-0.2, -0.15) is 0 Å². The van der Waals surface area contributed by atoms with Gasteiger partial charge in [-0.1, -0.05) is 6.92 Å². The highest BCUT2D eigenvalue weighted by Gasteiger charge is 2.27. The van der Waals surface area contributed by atoms with Crippen LogP contribution in [0.5, 0.6) is 0 Å². The molecule has 2 rings (SSSR count). The summed E-state index contributed by atoms with van der Waals surface area (Å²) in [4.78, 5) is 30.8. The number of rotatable bonds is 4. The second-order valence-electron chi connectivity index (χ2n) is 6.11. The molecule has 5 nitrogen and oxygen atoms in total. The van der Waals surface area contributed by atoms with Gasteiger partial charge in [0.25, 0.3) is 11.8 Å². The number of hydrogen-bond donors (Lipinski definition) is 1. The summed E-state index contributed by atoms with van der Waals surface area (Å²) in [6.07, 6.45) is 5.75. The van der Waals surface area contributed by atoms with Gasteiger partial charge in [-0.15, -0.1) is 0 Å². The number of hydrogen-bond acceptors (Lipinski definition) is 3. The Balaban J connectivity index is 2.17. The Morgan fingerprint density at radius 2 is 2.18 bits per heavy atom. The molecule has 0 spiro atoms. The number of amides is 2. The maximum Gasteiger partial charge on any atom is 0.272 e. The first kappa shape index (κ1) is 16.5. The van der Waals surface area contributed by atoms with Crippen molar-refractivity contribution in [2.75, 3.05) is 6.54 Å². The number of nitrogens with zero attached hydrogens (tertiary/aromatic N) is 2. The van der Waals surface area contributed by atoms with Gasteiger partial charge in [-0.25, -0.2) is 0 Å². The normalized spacial score (nSPS) is 18.4. The summed E-state index contributed by atoms with van der Waals surface area (Å²) in [7, 11) is 0. The van der Waals surface area contributed by atoms with Crippen LogP contribution in [0.3, 0.4) is 0 Å². The Bertz CT molecular complexity index is 542. The van der Waals surface area contributed by atoms with Gasteiger partial charge in [-0.05, 0) is 51.7 Å². The summed E-state index contributed by atoms with van der Waals surface area (Å²) in [5.74, 6) is -0.233. The Morgan fingerprint density at radius 3 is 2.86 bits per heavy atom. The van der Waals surface area contributed by atoms with Gasteiger partial charge in [0.2, 0.25) is 0 Å². The SMILES string of the molecule is CCC1CCCCN1C(=O)c1cc(C(=O)NC(C)C)ccn1. The molecule has 2 heterocycles. The summed E-state index contributed by atoms with van der Waals surface area (Å²) in [5.41, 5.74) is 0.842. The summed E-state index contributed by atoms with van der Waals surface area (Å²) in [6.45, 7) is 6.70. The second kappa shape index (κ2) is 7.38. The fourth-order valence-corrected chi connectivity index (χ4v) is 2.87. The maximum atomic E-state index is 12.7. The summed E-state index contributed by atoms with van der Waals surface area (Å²) >= 11 is 0. The molecule has 0 aliphatic carbocycles. The average molecular weight is 303 g/mol. The number of pyridine rings is 1. The van der Waals surface area contributed by atoms with Crippen molar-refractivity contribution < 1.29 is 9.59 Å². The summed E-state index contributed by atoms with van der Waals surface area (Å²) in [5, 5.41) is 2.83. The molecule has 1 unspecified atom stereocenters. The summed E-state index contributed by atoms with van der Waals surface area (Å²) in [6, 6.07) is 3.59. The quantitative estimate of drug-likeness (QED) is 0.930. The molecule has 1 fully saturated rings. The van der Waals surface area contributed by atoms with Crippen molar-refractivity contribution in [3.05, 3.63) is 29.6 Å². The van der Waals surface area contributed by atoms with Crippen molar-refractivity contribution in [1.29, 1.82) is 0 Å². The number of likely N-dealkylation sites (tertiary alicyclic amines) is 1. The Kier molecular flexibility index (Phi) is 5.52. The van der Waals surface area contributed by atoms with E-state index in [4.69, 9.17) is 0 Å². The van der Waals surface area contributed by atoms with Crippen LogP contribution in [0.15, 0.2) is 18.3 Å². The third-order valence-corrected chi connectivity index (χ3v) is 4.02. The third-order valence-electron chi connectivity index (χ3n) is 4.02. The number of nitrogens with one attached hydrogen (secondary N) is 1. The lowest BCUT2D eigenvalue weighted by atomic mass is 9.99. The van der Waals surface area contributed by atoms with Crippen molar-refractivity contribution in [3.63, 3.8) is 0 Å². The average Bonchev–Trinajstić information content (AvgIpc) is 2.53. The number of piperidine rings is 1. The smallest absolute Gasteiger partial charge is 0.272 e. The van der Waals surface area contributed by atoms with Crippen LogP contribution in [-0.4, -0.2) is 40.3 Å². The predicted octanol–water partition coefficient (Wildman–Crippen LogP) is 2.62. The molecule has 0 bridgehead atoms. The molecule has 1 aromatic rings. The number of carbonyl (C=O) groups is 2. The van der Waals surface area contributed by atoms with Crippen LogP contribution in [0.25, 0.3) is 0 Å². The van der Waals surface area contributed by atoms with Gasteiger partial charge in [-0.3, -0.25) is 14.6 Å². The van der Waals surface area contributed by atoms with E-state index in [1.807, 2.05) is 18.7 Å². The first-order valence-corrected chi connectivity index (χ1v) is 8.10. The van der Waals surface area contributed by atoms with Gasteiger partial charge in [0.15, 0.2) is 0 Å². The van der Waals surface area contributed by atoms with Crippen molar-refractivity contribution in [2.24, 2.45) is 0 Å². The molecule has 0 aromatic carbocycles. The van der Waals surface area contributed by atoms with E-state index in [-0.39, 0.29) is 23.9 Å². The van der Waals surface area contributed by atoms with E-state index in [1.165, 1.54) is 12.6 Å². The maximum absolute atomic E-state index is 12.7. The molecule has 120 valence electrons. The fraction of sp³-hybridized carbons (Fsp3) is 0.588. The Labute approximate surface area is 132 Å². The van der Waals surface area contributed by atoms with E-state index in [2.05, 4.69) is 17.2 Å². The zero-order valence-electron chi connectivity index (χ0n) is 13.6. The minimum atomic E-state index is -0.169. The molecule has 1 N–H and O–H groups in total. The standard InChI is InChI=1S/C17H25N3O2/c1-4-14-7-5-6-10-20(14)17(22)15-11-13(8-9-18-15)16(21)19-12(2)3/h8-9,11-12,14H,4-7,10H2,1-3H3,(H,19,21). The molecule has 0 radical (unpaired) electrons. The molecule has 1 aliphatic heterocycles. The second-order valence-corrected chi connectivity index (χ2v) is 6.11. The number of aromatic nitrogens is 1. The first-order valence-electron chi connectivity index (χ1n) is 8.10. The lowest BCUT2D eigenvalue weighted by molar-refractivity contribution is 0.0602. The van der Waals surface area contributed by atoms with Gasteiger partial charge in [0.05, 0.1) is 0 Å². The van der Waals surface area contributed by atoms with Crippen molar-refractivity contribution in [2.45, 2.75) is 58.5 Å². The molecule has 1 saturated heterocycles. The molecule has 1 aliphatic rings. The van der Waals surface area contributed by atoms with Crippen LogP contribution in [-0.2, 0) is 0 Å². The molecule has 2 amide bonds. The lowest BCUT2D eigenvalue weighted by Gasteiger charge is -2.35. The van der Waals surface area contributed by atoms with Crippen LogP contribution < -0.4 is 5.32 Å². The Morgan fingerprint density at radius 1 is 1.41 bits per heavy atom. The highest BCUT2D eigenvalue weighted by atomic mass is 16.2. The minimum absolute atomic E-state index is 0.0615. The third kappa shape index (κ3) is 3.84. The first-order chi connectivity index (χ1) is 10.5. The van der Waals surface area contributed by atoms with Gasteiger partial charge >= 0.3 is 0 Å². The van der Waals surface area contributed by atoms with E-state index in [1.54, 1.807) is 12.1 Å². The molecular weight excluding hydrogens is 278 g/mol. The van der Waals surface area contributed by atoms with Gasteiger partial charge < -0.3 is 10.2 Å². The van der Waals surface area contributed by atoms with E-state index < -0.39 is 0 Å². The van der Waals surface area contributed by atoms with Crippen molar-refractivity contribution in [3.8, 4) is 0 Å². The zero-order valence-corrected chi connectivity index (χ0v) is 13.6. The van der Waals surface area contributed by atoms with Crippen LogP contribution in [0.2, 0.25) is 0 Å².